The molecule has 0 aliphatic rings. The summed E-state index contributed by atoms with van der Waals surface area (Å²) < 4.78 is 1.97. The van der Waals surface area contributed by atoms with Crippen LogP contribution in [-0.2, 0) is 6.54 Å². The molecule has 1 nitrogen and oxygen atoms in total. The molecule has 0 heterocycles. The fraction of sp³-hybridized carbons (Fsp3) is 0.231. The van der Waals surface area contributed by atoms with Crippen LogP contribution in [-0.4, -0.2) is 18.0 Å². The Kier molecular flexibility index (Phi) is 6.03. The Hall–Kier alpha value is -0.380. The lowest BCUT2D eigenvalue weighted by Gasteiger charge is -2.21. The molecular formula is C13H15Br2N. The third-order valence-corrected chi connectivity index (χ3v) is 2.54. The van der Waals surface area contributed by atoms with Gasteiger partial charge in [-0.15, -0.1) is 0 Å². The van der Waals surface area contributed by atoms with Crippen molar-refractivity contribution in [1.82, 2.24) is 4.90 Å². The van der Waals surface area contributed by atoms with Crippen molar-refractivity contribution < 1.29 is 0 Å². The smallest absolute Gasteiger partial charge is 0.0301 e. The van der Waals surface area contributed by atoms with Gasteiger partial charge in [-0.25, -0.2) is 0 Å². The summed E-state index contributed by atoms with van der Waals surface area (Å²) in [4.78, 5) is 2.27. The predicted octanol–water partition coefficient (Wildman–Crippen LogP) is 4.31. The van der Waals surface area contributed by atoms with Crippen LogP contribution >= 0.6 is 31.9 Å². The fourth-order valence-corrected chi connectivity index (χ4v) is 2.20. The van der Waals surface area contributed by atoms with Crippen LogP contribution in [0.3, 0.4) is 0 Å². The Labute approximate surface area is 114 Å². The zero-order valence-electron chi connectivity index (χ0n) is 9.13. The zero-order chi connectivity index (χ0) is 12.0. The molecule has 1 rings (SSSR count). The Balaban J connectivity index is 2.63. The summed E-state index contributed by atoms with van der Waals surface area (Å²) in [6.07, 6.45) is 0. The summed E-state index contributed by atoms with van der Waals surface area (Å²) in [6.45, 7) is 10.3. The molecule has 0 fully saturated rings. The van der Waals surface area contributed by atoms with E-state index in [1.54, 1.807) is 0 Å². The minimum atomic E-state index is 0.819. The number of hydrogen-bond donors (Lipinski definition) is 0. The van der Waals surface area contributed by atoms with Gasteiger partial charge >= 0.3 is 0 Å². The van der Waals surface area contributed by atoms with Crippen LogP contribution in [0.5, 0.6) is 0 Å². The van der Waals surface area contributed by atoms with Crippen LogP contribution in [0.15, 0.2) is 52.5 Å². The lowest BCUT2D eigenvalue weighted by Crippen LogP contribution is -2.25. The number of hydrogen-bond acceptors (Lipinski definition) is 1. The Bertz CT molecular complexity index is 343. The van der Waals surface area contributed by atoms with Crippen molar-refractivity contribution >= 4 is 31.9 Å². The molecule has 0 aromatic heterocycles. The topological polar surface area (TPSA) is 3.24 Å². The lowest BCUT2D eigenvalue weighted by molar-refractivity contribution is 0.324. The Morgan fingerprint density at radius 1 is 1.00 bits per heavy atom. The van der Waals surface area contributed by atoms with E-state index in [2.05, 4.69) is 74.2 Å². The zero-order valence-corrected chi connectivity index (χ0v) is 12.3. The summed E-state index contributed by atoms with van der Waals surface area (Å²) in [5, 5.41) is 0. The summed E-state index contributed by atoms with van der Waals surface area (Å²) in [6, 6.07) is 10.4. The maximum atomic E-state index is 3.87. The molecule has 3 heteroatoms. The monoisotopic (exact) mass is 343 g/mol. The molecule has 16 heavy (non-hydrogen) atoms. The second kappa shape index (κ2) is 7.05. The van der Waals surface area contributed by atoms with Crippen LogP contribution in [0.2, 0.25) is 0 Å². The summed E-state index contributed by atoms with van der Waals surface area (Å²) in [7, 11) is 0. The van der Waals surface area contributed by atoms with E-state index < -0.39 is 0 Å². The van der Waals surface area contributed by atoms with Crippen molar-refractivity contribution in [2.75, 3.05) is 13.1 Å². The van der Waals surface area contributed by atoms with Crippen LogP contribution < -0.4 is 0 Å². The molecule has 0 amide bonds. The van der Waals surface area contributed by atoms with Crippen molar-refractivity contribution in [2.45, 2.75) is 6.54 Å². The first-order valence-electron chi connectivity index (χ1n) is 5.01. The van der Waals surface area contributed by atoms with Crippen LogP contribution in [0.4, 0.5) is 0 Å². The van der Waals surface area contributed by atoms with Crippen molar-refractivity contribution in [3.63, 3.8) is 0 Å². The molecule has 86 valence electrons. The summed E-state index contributed by atoms with van der Waals surface area (Å²) in [5.41, 5.74) is 1.30. The van der Waals surface area contributed by atoms with Gasteiger partial charge < -0.3 is 0 Å². The van der Waals surface area contributed by atoms with Gasteiger partial charge in [0.05, 0.1) is 0 Å². The Morgan fingerprint density at radius 3 is 1.94 bits per heavy atom. The molecule has 0 saturated heterocycles. The first-order chi connectivity index (χ1) is 7.58. The van der Waals surface area contributed by atoms with E-state index in [-0.39, 0.29) is 0 Å². The van der Waals surface area contributed by atoms with Crippen LogP contribution in [0.25, 0.3) is 0 Å². The van der Waals surface area contributed by atoms with Crippen molar-refractivity contribution in [2.24, 2.45) is 0 Å². The highest BCUT2D eigenvalue weighted by atomic mass is 79.9. The fourth-order valence-electron chi connectivity index (χ4n) is 1.49. The van der Waals surface area contributed by atoms with E-state index in [9.17, 15) is 0 Å². The SMILES string of the molecule is C=C(Br)CN(CC(=C)Br)Cc1ccccc1. The second-order valence-electron chi connectivity index (χ2n) is 3.67. The third kappa shape index (κ3) is 5.64. The maximum Gasteiger partial charge on any atom is 0.0301 e. The van der Waals surface area contributed by atoms with E-state index in [0.717, 1.165) is 28.6 Å². The van der Waals surface area contributed by atoms with Gasteiger partial charge in [-0.2, -0.15) is 0 Å². The highest BCUT2D eigenvalue weighted by Gasteiger charge is 2.07. The van der Waals surface area contributed by atoms with Gasteiger partial charge in [-0.1, -0.05) is 75.3 Å². The molecule has 0 aliphatic carbocycles. The molecule has 1 aromatic carbocycles. The molecule has 0 unspecified atom stereocenters. The van der Waals surface area contributed by atoms with Crippen molar-refractivity contribution in [3.05, 3.63) is 58.0 Å². The van der Waals surface area contributed by atoms with Gasteiger partial charge in [-0.3, -0.25) is 4.90 Å². The van der Waals surface area contributed by atoms with Crippen LogP contribution in [0, 0.1) is 0 Å². The Morgan fingerprint density at radius 2 is 1.50 bits per heavy atom. The van der Waals surface area contributed by atoms with Crippen molar-refractivity contribution in [3.8, 4) is 0 Å². The third-order valence-electron chi connectivity index (χ3n) is 2.04. The number of benzene rings is 1. The first kappa shape index (κ1) is 13.7. The van der Waals surface area contributed by atoms with E-state index in [4.69, 9.17) is 0 Å². The van der Waals surface area contributed by atoms with E-state index in [1.165, 1.54) is 5.56 Å². The molecule has 0 atom stereocenters. The minimum Gasteiger partial charge on any atom is -0.290 e. The lowest BCUT2D eigenvalue weighted by atomic mass is 10.2. The number of nitrogens with zero attached hydrogens (tertiary/aromatic N) is 1. The highest BCUT2D eigenvalue weighted by Crippen LogP contribution is 2.13. The molecule has 0 saturated carbocycles. The average Bonchev–Trinajstić information content (AvgIpc) is 2.16. The number of halogens is 2. The molecule has 0 radical (unpaired) electrons. The minimum absolute atomic E-state index is 0.819. The van der Waals surface area contributed by atoms with Gasteiger partial charge in [0.1, 0.15) is 0 Å². The van der Waals surface area contributed by atoms with E-state index >= 15 is 0 Å². The van der Waals surface area contributed by atoms with Gasteiger partial charge in [0.25, 0.3) is 0 Å². The van der Waals surface area contributed by atoms with Gasteiger partial charge in [0.15, 0.2) is 0 Å². The second-order valence-corrected chi connectivity index (χ2v) is 5.91. The quantitative estimate of drug-likeness (QED) is 0.743. The van der Waals surface area contributed by atoms with Crippen LogP contribution in [0.1, 0.15) is 5.56 Å². The van der Waals surface area contributed by atoms with E-state index in [0.29, 0.717) is 0 Å². The molecule has 0 bridgehead atoms. The highest BCUT2D eigenvalue weighted by molar-refractivity contribution is 9.12. The summed E-state index contributed by atoms with van der Waals surface area (Å²) >= 11 is 6.79. The van der Waals surface area contributed by atoms with Gasteiger partial charge in [0.2, 0.25) is 0 Å². The van der Waals surface area contributed by atoms with E-state index in [1.807, 2.05) is 6.07 Å². The summed E-state index contributed by atoms with van der Waals surface area (Å²) in [5.74, 6) is 0. The first-order valence-corrected chi connectivity index (χ1v) is 6.59. The largest absolute Gasteiger partial charge is 0.290 e. The van der Waals surface area contributed by atoms with Gasteiger partial charge in [0, 0.05) is 28.6 Å². The average molecular weight is 345 g/mol. The molecule has 0 N–H and O–H groups in total. The van der Waals surface area contributed by atoms with Gasteiger partial charge in [-0.05, 0) is 5.56 Å². The standard InChI is InChI=1S/C13H15Br2N/c1-11(14)8-16(9-12(2)15)10-13-6-4-3-5-7-13/h3-7H,1-2,8-10H2. The molecule has 1 aromatic rings. The maximum absolute atomic E-state index is 3.87. The van der Waals surface area contributed by atoms with Crippen molar-refractivity contribution in [1.29, 1.82) is 0 Å². The molecular weight excluding hydrogens is 330 g/mol. The molecule has 0 aliphatic heterocycles. The predicted molar refractivity (Wildman–Crippen MR) is 77.9 cm³/mol. The normalized spacial score (nSPS) is 10.4. The molecule has 0 spiro atoms. The number of rotatable bonds is 6.